The Kier molecular flexibility index (Phi) is 4.98. The highest BCUT2D eigenvalue weighted by atomic mass is 16.6. The molecule has 0 fully saturated rings. The van der Waals surface area contributed by atoms with E-state index in [4.69, 9.17) is 9.47 Å². The summed E-state index contributed by atoms with van der Waals surface area (Å²) in [6, 6.07) is 13.3. The van der Waals surface area contributed by atoms with Gasteiger partial charge in [0.1, 0.15) is 12.7 Å². The maximum atomic E-state index is 11.9. The third-order valence-electron chi connectivity index (χ3n) is 3.60. The summed E-state index contributed by atoms with van der Waals surface area (Å²) in [7, 11) is 0. The van der Waals surface area contributed by atoms with Crippen LogP contribution in [0.4, 0.5) is 11.4 Å². The first-order valence-electron chi connectivity index (χ1n) is 7.75. The maximum Gasteiger partial charge on any atom is 0.271 e. The lowest BCUT2D eigenvalue weighted by Gasteiger charge is -2.26. The molecule has 2 aromatic carbocycles. The van der Waals surface area contributed by atoms with Gasteiger partial charge in [0.05, 0.1) is 18.0 Å². The minimum atomic E-state index is -0.483. The highest BCUT2D eigenvalue weighted by Crippen LogP contribution is 2.30. The number of hydrogen-bond donors (Lipinski definition) is 2. The number of benzene rings is 2. The average Bonchev–Trinajstić information content (AvgIpc) is 2.64. The van der Waals surface area contributed by atoms with Crippen LogP contribution in [-0.2, 0) is 4.79 Å². The van der Waals surface area contributed by atoms with Crippen molar-refractivity contribution in [2.75, 3.05) is 25.0 Å². The van der Waals surface area contributed by atoms with Crippen LogP contribution >= 0.6 is 0 Å². The smallest absolute Gasteiger partial charge is 0.271 e. The van der Waals surface area contributed by atoms with E-state index in [0.29, 0.717) is 30.3 Å². The van der Waals surface area contributed by atoms with Gasteiger partial charge in [-0.15, -0.1) is 0 Å². The second kappa shape index (κ2) is 7.52. The number of nitro benzene ring substituents is 1. The Labute approximate surface area is 143 Å². The van der Waals surface area contributed by atoms with E-state index in [1.165, 1.54) is 12.1 Å². The summed E-state index contributed by atoms with van der Waals surface area (Å²) in [6.07, 6.45) is -0.267. The zero-order chi connectivity index (χ0) is 17.6. The van der Waals surface area contributed by atoms with Gasteiger partial charge in [-0.25, -0.2) is 0 Å². The van der Waals surface area contributed by atoms with Crippen LogP contribution in [0.5, 0.6) is 11.5 Å². The van der Waals surface area contributed by atoms with Gasteiger partial charge in [0.2, 0.25) is 5.91 Å². The van der Waals surface area contributed by atoms with Gasteiger partial charge in [-0.3, -0.25) is 14.9 Å². The van der Waals surface area contributed by atoms with Crippen molar-refractivity contribution >= 4 is 17.3 Å². The zero-order valence-corrected chi connectivity index (χ0v) is 13.3. The quantitative estimate of drug-likeness (QED) is 0.614. The standard InChI is InChI=1S/C17H17N3O5/c21-17(10-18-12-4-3-5-13(8-12)20(22)23)19-9-14-11-24-15-6-1-2-7-16(15)25-14/h1-8,14,18H,9-11H2,(H,19,21)/t14-/m0/s1. The summed E-state index contributed by atoms with van der Waals surface area (Å²) < 4.78 is 11.3. The van der Waals surface area contributed by atoms with E-state index in [2.05, 4.69) is 10.6 Å². The van der Waals surface area contributed by atoms with Gasteiger partial charge < -0.3 is 20.1 Å². The number of anilines is 1. The summed E-state index contributed by atoms with van der Waals surface area (Å²) in [5, 5.41) is 16.3. The first-order valence-corrected chi connectivity index (χ1v) is 7.75. The predicted octanol–water partition coefficient (Wildman–Crippen LogP) is 1.96. The third-order valence-corrected chi connectivity index (χ3v) is 3.60. The molecule has 2 N–H and O–H groups in total. The Morgan fingerprint density at radius 1 is 1.20 bits per heavy atom. The highest BCUT2D eigenvalue weighted by molar-refractivity contribution is 5.80. The number of nitrogens with zero attached hydrogens (tertiary/aromatic N) is 1. The number of nitro groups is 1. The van der Waals surface area contributed by atoms with Gasteiger partial charge in [-0.1, -0.05) is 18.2 Å². The van der Waals surface area contributed by atoms with E-state index < -0.39 is 4.92 Å². The molecule has 1 heterocycles. The molecule has 1 amide bonds. The van der Waals surface area contributed by atoms with Gasteiger partial charge in [0, 0.05) is 17.8 Å². The molecule has 0 unspecified atom stereocenters. The van der Waals surface area contributed by atoms with Gasteiger partial charge in [0.25, 0.3) is 5.69 Å². The molecule has 1 aliphatic heterocycles. The number of carbonyl (C=O) groups is 1. The minimum absolute atomic E-state index is 0.00529. The zero-order valence-electron chi connectivity index (χ0n) is 13.3. The average molecular weight is 343 g/mol. The Bertz CT molecular complexity index is 780. The van der Waals surface area contributed by atoms with Crippen molar-refractivity contribution < 1.29 is 19.2 Å². The van der Waals surface area contributed by atoms with E-state index in [-0.39, 0.29) is 24.2 Å². The molecule has 2 aromatic rings. The van der Waals surface area contributed by atoms with E-state index >= 15 is 0 Å². The molecule has 130 valence electrons. The molecule has 0 aromatic heterocycles. The molecule has 1 aliphatic rings. The molecular weight excluding hydrogens is 326 g/mol. The molecule has 25 heavy (non-hydrogen) atoms. The summed E-state index contributed by atoms with van der Waals surface area (Å²) in [4.78, 5) is 22.2. The lowest BCUT2D eigenvalue weighted by atomic mass is 10.2. The van der Waals surface area contributed by atoms with Crippen LogP contribution in [0.2, 0.25) is 0 Å². The molecular formula is C17H17N3O5. The lowest BCUT2D eigenvalue weighted by Crippen LogP contribution is -2.42. The molecule has 1 atom stereocenters. The Morgan fingerprint density at radius 3 is 2.80 bits per heavy atom. The van der Waals surface area contributed by atoms with Crippen LogP contribution in [-0.4, -0.2) is 36.6 Å². The molecule has 0 aliphatic carbocycles. The van der Waals surface area contributed by atoms with Crippen molar-refractivity contribution in [3.63, 3.8) is 0 Å². The SMILES string of the molecule is O=C(CNc1cccc([N+](=O)[O-])c1)NC[C@H]1COc2ccccc2O1. The molecule has 8 heteroatoms. The van der Waals surface area contributed by atoms with Gasteiger partial charge in [-0.2, -0.15) is 0 Å². The van der Waals surface area contributed by atoms with Crippen LogP contribution < -0.4 is 20.1 Å². The van der Waals surface area contributed by atoms with Crippen molar-refractivity contribution in [2.45, 2.75) is 6.10 Å². The number of non-ortho nitro benzene ring substituents is 1. The fourth-order valence-corrected chi connectivity index (χ4v) is 2.37. The number of carbonyl (C=O) groups excluding carboxylic acids is 1. The molecule has 0 bridgehead atoms. The van der Waals surface area contributed by atoms with Crippen LogP contribution in [0, 0.1) is 10.1 Å². The molecule has 0 saturated carbocycles. The highest BCUT2D eigenvalue weighted by Gasteiger charge is 2.20. The molecule has 0 saturated heterocycles. The van der Waals surface area contributed by atoms with Gasteiger partial charge in [-0.05, 0) is 18.2 Å². The molecule has 0 radical (unpaired) electrons. The number of hydrogen-bond acceptors (Lipinski definition) is 6. The Balaban J connectivity index is 1.44. The number of para-hydroxylation sites is 2. The van der Waals surface area contributed by atoms with E-state index in [1.54, 1.807) is 12.1 Å². The molecule has 8 nitrogen and oxygen atoms in total. The summed E-state index contributed by atoms with van der Waals surface area (Å²) in [6.45, 7) is 0.671. The number of rotatable bonds is 6. The van der Waals surface area contributed by atoms with Crippen molar-refractivity contribution in [1.29, 1.82) is 0 Å². The Hall–Kier alpha value is -3.29. The summed E-state index contributed by atoms with van der Waals surface area (Å²) >= 11 is 0. The second-order valence-corrected chi connectivity index (χ2v) is 5.46. The number of amides is 1. The summed E-state index contributed by atoms with van der Waals surface area (Å²) in [5.41, 5.74) is 0.479. The normalized spacial score (nSPS) is 15.3. The first kappa shape index (κ1) is 16.6. The van der Waals surface area contributed by atoms with Crippen molar-refractivity contribution in [2.24, 2.45) is 0 Å². The van der Waals surface area contributed by atoms with Crippen LogP contribution in [0.1, 0.15) is 0 Å². The maximum absolute atomic E-state index is 11.9. The first-order chi connectivity index (χ1) is 12.1. The number of fused-ring (bicyclic) bond motifs is 1. The Morgan fingerprint density at radius 2 is 2.00 bits per heavy atom. The van der Waals surface area contributed by atoms with Crippen LogP contribution in [0.3, 0.4) is 0 Å². The van der Waals surface area contributed by atoms with Crippen molar-refractivity contribution in [3.05, 3.63) is 58.6 Å². The summed E-state index contributed by atoms with van der Waals surface area (Å²) in [5.74, 6) is 1.11. The van der Waals surface area contributed by atoms with E-state index in [0.717, 1.165) is 0 Å². The molecule has 3 rings (SSSR count). The van der Waals surface area contributed by atoms with Crippen molar-refractivity contribution in [1.82, 2.24) is 5.32 Å². The van der Waals surface area contributed by atoms with Crippen molar-refractivity contribution in [3.8, 4) is 11.5 Å². The minimum Gasteiger partial charge on any atom is -0.486 e. The lowest BCUT2D eigenvalue weighted by molar-refractivity contribution is -0.384. The monoisotopic (exact) mass is 343 g/mol. The fraction of sp³-hybridized carbons (Fsp3) is 0.235. The molecule has 0 spiro atoms. The van der Waals surface area contributed by atoms with Crippen LogP contribution in [0.15, 0.2) is 48.5 Å². The van der Waals surface area contributed by atoms with Gasteiger partial charge >= 0.3 is 0 Å². The fourth-order valence-electron chi connectivity index (χ4n) is 2.37. The van der Waals surface area contributed by atoms with Crippen LogP contribution in [0.25, 0.3) is 0 Å². The number of nitrogens with one attached hydrogen (secondary N) is 2. The van der Waals surface area contributed by atoms with E-state index in [1.807, 2.05) is 24.3 Å². The second-order valence-electron chi connectivity index (χ2n) is 5.46. The van der Waals surface area contributed by atoms with Gasteiger partial charge in [0.15, 0.2) is 11.5 Å². The topological polar surface area (TPSA) is 103 Å². The number of ether oxygens (including phenoxy) is 2. The third kappa shape index (κ3) is 4.37. The largest absolute Gasteiger partial charge is 0.486 e. The van der Waals surface area contributed by atoms with E-state index in [9.17, 15) is 14.9 Å². The predicted molar refractivity (Wildman–Crippen MR) is 90.9 cm³/mol.